The maximum atomic E-state index is 4.11. The molecule has 2 rings (SSSR count). The second-order valence-corrected chi connectivity index (χ2v) is 4.11. The molecule has 1 aromatic rings. The SMILES string of the molecule is BrN1CCC=C(c2cccnc2)C1. The Morgan fingerprint density at radius 3 is 3.08 bits per heavy atom. The highest BCUT2D eigenvalue weighted by atomic mass is 79.9. The topological polar surface area (TPSA) is 16.1 Å². The van der Waals surface area contributed by atoms with Gasteiger partial charge in [0.2, 0.25) is 0 Å². The summed E-state index contributed by atoms with van der Waals surface area (Å²) < 4.78 is 2.15. The van der Waals surface area contributed by atoms with Crippen LogP contribution >= 0.6 is 16.1 Å². The lowest BCUT2D eigenvalue weighted by Crippen LogP contribution is -2.19. The fourth-order valence-electron chi connectivity index (χ4n) is 1.47. The zero-order chi connectivity index (χ0) is 9.10. The number of hydrogen-bond acceptors (Lipinski definition) is 2. The summed E-state index contributed by atoms with van der Waals surface area (Å²) in [5, 5.41) is 0. The van der Waals surface area contributed by atoms with Gasteiger partial charge in [0, 0.05) is 41.6 Å². The molecular weight excluding hydrogens is 228 g/mol. The van der Waals surface area contributed by atoms with E-state index in [9.17, 15) is 0 Å². The minimum atomic E-state index is 0.964. The van der Waals surface area contributed by atoms with Gasteiger partial charge in [-0.15, -0.1) is 0 Å². The molecule has 2 nitrogen and oxygen atoms in total. The van der Waals surface area contributed by atoms with Gasteiger partial charge in [-0.2, -0.15) is 0 Å². The van der Waals surface area contributed by atoms with Crippen molar-refractivity contribution in [2.75, 3.05) is 13.1 Å². The van der Waals surface area contributed by atoms with Crippen LogP contribution in [0.2, 0.25) is 0 Å². The summed E-state index contributed by atoms with van der Waals surface area (Å²) in [6, 6.07) is 4.08. The van der Waals surface area contributed by atoms with Crippen LogP contribution in [0.5, 0.6) is 0 Å². The predicted octanol–water partition coefficient (Wildman–Crippen LogP) is 2.48. The molecule has 0 atom stereocenters. The highest BCUT2D eigenvalue weighted by Crippen LogP contribution is 2.21. The number of nitrogens with zero attached hydrogens (tertiary/aromatic N) is 2. The Bertz CT molecular complexity index is 308. The van der Waals surface area contributed by atoms with E-state index in [1.807, 2.05) is 12.3 Å². The Balaban J connectivity index is 2.22. The van der Waals surface area contributed by atoms with Crippen LogP contribution in [0, 0.1) is 0 Å². The van der Waals surface area contributed by atoms with Crippen molar-refractivity contribution in [3.8, 4) is 0 Å². The molecule has 1 aromatic heterocycles. The van der Waals surface area contributed by atoms with Gasteiger partial charge in [-0.1, -0.05) is 12.1 Å². The third-order valence-corrected chi connectivity index (χ3v) is 2.74. The average Bonchev–Trinajstić information content (AvgIpc) is 2.19. The van der Waals surface area contributed by atoms with Crippen molar-refractivity contribution in [2.45, 2.75) is 6.42 Å². The molecule has 0 amide bonds. The molecule has 0 spiro atoms. The van der Waals surface area contributed by atoms with Crippen LogP contribution in [0.4, 0.5) is 0 Å². The second-order valence-electron chi connectivity index (χ2n) is 3.10. The molecule has 0 fully saturated rings. The van der Waals surface area contributed by atoms with Crippen LogP contribution in [-0.4, -0.2) is 22.0 Å². The van der Waals surface area contributed by atoms with Crippen LogP contribution in [0.25, 0.3) is 5.57 Å². The standard InChI is InChI=1S/C10H11BrN2/c11-13-6-2-4-10(8-13)9-3-1-5-12-7-9/h1,3-5,7H,2,6,8H2. The van der Waals surface area contributed by atoms with Crippen molar-refractivity contribution >= 4 is 21.7 Å². The van der Waals surface area contributed by atoms with E-state index in [0.717, 1.165) is 19.5 Å². The summed E-state index contributed by atoms with van der Waals surface area (Å²) in [6.07, 6.45) is 7.11. The first-order chi connectivity index (χ1) is 6.36. The molecule has 0 aliphatic carbocycles. The summed E-state index contributed by atoms with van der Waals surface area (Å²) in [4.78, 5) is 4.11. The highest BCUT2D eigenvalue weighted by molar-refractivity contribution is 9.07. The van der Waals surface area contributed by atoms with Crippen LogP contribution in [0.3, 0.4) is 0 Å². The van der Waals surface area contributed by atoms with Crippen molar-refractivity contribution < 1.29 is 0 Å². The van der Waals surface area contributed by atoms with Gasteiger partial charge in [-0.3, -0.25) is 4.98 Å². The Morgan fingerprint density at radius 2 is 2.38 bits per heavy atom. The van der Waals surface area contributed by atoms with E-state index < -0.39 is 0 Å². The minimum absolute atomic E-state index is 0.964. The molecule has 1 aliphatic rings. The van der Waals surface area contributed by atoms with Crippen LogP contribution in [-0.2, 0) is 0 Å². The molecule has 3 heteroatoms. The van der Waals surface area contributed by atoms with Gasteiger partial charge >= 0.3 is 0 Å². The van der Waals surface area contributed by atoms with Crippen molar-refractivity contribution in [3.63, 3.8) is 0 Å². The Kier molecular flexibility index (Phi) is 2.76. The smallest absolute Gasteiger partial charge is 0.0347 e. The largest absolute Gasteiger partial charge is 0.264 e. The van der Waals surface area contributed by atoms with Gasteiger partial charge in [0.25, 0.3) is 0 Å². The monoisotopic (exact) mass is 238 g/mol. The molecule has 0 aromatic carbocycles. The Hall–Kier alpha value is -0.670. The molecule has 0 saturated carbocycles. The van der Waals surface area contributed by atoms with E-state index in [1.165, 1.54) is 11.1 Å². The quantitative estimate of drug-likeness (QED) is 0.700. The van der Waals surface area contributed by atoms with Crippen molar-refractivity contribution in [1.29, 1.82) is 0 Å². The zero-order valence-corrected chi connectivity index (χ0v) is 8.87. The molecule has 0 bridgehead atoms. The molecule has 0 radical (unpaired) electrons. The summed E-state index contributed by atoms with van der Waals surface area (Å²) in [6.45, 7) is 2.05. The molecule has 68 valence electrons. The Labute approximate surface area is 86.6 Å². The van der Waals surface area contributed by atoms with Crippen molar-refractivity contribution in [1.82, 2.24) is 8.91 Å². The van der Waals surface area contributed by atoms with Gasteiger partial charge in [-0.25, -0.2) is 3.93 Å². The maximum Gasteiger partial charge on any atom is 0.0347 e. The fourth-order valence-corrected chi connectivity index (χ4v) is 1.94. The number of rotatable bonds is 1. The summed E-state index contributed by atoms with van der Waals surface area (Å²) in [5.41, 5.74) is 2.59. The summed E-state index contributed by atoms with van der Waals surface area (Å²) in [7, 11) is 0. The average molecular weight is 239 g/mol. The Morgan fingerprint density at radius 1 is 1.46 bits per heavy atom. The van der Waals surface area contributed by atoms with E-state index in [4.69, 9.17) is 0 Å². The molecule has 0 unspecified atom stereocenters. The van der Waals surface area contributed by atoms with Crippen molar-refractivity contribution in [3.05, 3.63) is 36.2 Å². The molecule has 13 heavy (non-hydrogen) atoms. The summed E-state index contributed by atoms with van der Waals surface area (Å²) in [5.74, 6) is 0. The van der Waals surface area contributed by atoms with E-state index >= 15 is 0 Å². The maximum absolute atomic E-state index is 4.11. The van der Waals surface area contributed by atoms with E-state index in [-0.39, 0.29) is 0 Å². The summed E-state index contributed by atoms with van der Waals surface area (Å²) >= 11 is 3.50. The van der Waals surface area contributed by atoms with Gasteiger partial charge in [0.15, 0.2) is 0 Å². The molecule has 1 aliphatic heterocycles. The van der Waals surface area contributed by atoms with Gasteiger partial charge < -0.3 is 0 Å². The third-order valence-electron chi connectivity index (χ3n) is 2.14. The lowest BCUT2D eigenvalue weighted by molar-refractivity contribution is 0.537. The van der Waals surface area contributed by atoms with E-state index in [1.54, 1.807) is 6.20 Å². The number of hydrogen-bond donors (Lipinski definition) is 0. The zero-order valence-electron chi connectivity index (χ0n) is 7.28. The van der Waals surface area contributed by atoms with E-state index in [0.29, 0.717) is 0 Å². The third kappa shape index (κ3) is 2.17. The number of pyridine rings is 1. The normalized spacial score (nSPS) is 18.4. The fraction of sp³-hybridized carbons (Fsp3) is 0.300. The van der Waals surface area contributed by atoms with Crippen LogP contribution in [0.1, 0.15) is 12.0 Å². The molecule has 0 saturated heterocycles. The van der Waals surface area contributed by atoms with Gasteiger partial charge in [-0.05, 0) is 23.6 Å². The number of halogens is 1. The highest BCUT2D eigenvalue weighted by Gasteiger charge is 2.10. The van der Waals surface area contributed by atoms with Gasteiger partial charge in [0.1, 0.15) is 0 Å². The first kappa shape index (κ1) is 8.91. The van der Waals surface area contributed by atoms with E-state index in [2.05, 4.69) is 37.2 Å². The first-order valence-corrected chi connectivity index (χ1v) is 5.07. The van der Waals surface area contributed by atoms with Crippen LogP contribution in [0.15, 0.2) is 30.6 Å². The lowest BCUT2D eigenvalue weighted by atomic mass is 10.0. The predicted molar refractivity (Wildman–Crippen MR) is 57.3 cm³/mol. The minimum Gasteiger partial charge on any atom is -0.264 e. The molecule has 0 N–H and O–H groups in total. The molecule has 2 heterocycles. The van der Waals surface area contributed by atoms with Gasteiger partial charge in [0.05, 0.1) is 0 Å². The van der Waals surface area contributed by atoms with Crippen molar-refractivity contribution in [2.24, 2.45) is 0 Å². The van der Waals surface area contributed by atoms with Crippen LogP contribution < -0.4 is 0 Å². The first-order valence-electron chi connectivity index (χ1n) is 4.36. The second kappa shape index (κ2) is 4.03. The molecular formula is C10H11BrN2. The lowest BCUT2D eigenvalue weighted by Gasteiger charge is -2.20. The number of aromatic nitrogens is 1.